The molecule has 416 valence electrons. The molecule has 1 fully saturated rings. The summed E-state index contributed by atoms with van der Waals surface area (Å²) in [5.74, 6) is 0. The van der Waals surface area contributed by atoms with E-state index in [4.69, 9.17) is 0 Å². The minimum absolute atomic E-state index is 0.0280. The van der Waals surface area contributed by atoms with Crippen molar-refractivity contribution in [3.8, 4) is 0 Å². The maximum Gasteiger partial charge on any atom is 0.252 e. The van der Waals surface area contributed by atoms with Crippen LogP contribution in [0.2, 0.25) is 0 Å². The Morgan fingerprint density at radius 1 is 0.338 bits per heavy atom. The number of rotatable bonds is 3. The van der Waals surface area contributed by atoms with Gasteiger partial charge in [-0.1, -0.05) is 173 Å². The molecule has 3 aliphatic heterocycles. The smallest absolute Gasteiger partial charge is 0.252 e. The third-order valence-electron chi connectivity index (χ3n) is 24.2. The topological polar surface area (TPSA) is 9.72 Å². The van der Waals surface area contributed by atoms with Gasteiger partial charge in [-0.3, -0.25) is 0 Å². The lowest BCUT2D eigenvalue weighted by molar-refractivity contribution is 0.195. The van der Waals surface area contributed by atoms with Crippen molar-refractivity contribution in [3.63, 3.8) is 0 Å². The van der Waals surface area contributed by atoms with Crippen LogP contribution in [-0.4, -0.2) is 12.3 Å². The van der Waals surface area contributed by atoms with Gasteiger partial charge in [-0.15, -0.1) is 0 Å². The predicted octanol–water partition coefficient (Wildman–Crippen LogP) is 18.9. The molecule has 14 rings (SSSR count). The molecule has 0 aromatic heterocycles. The molecular weight excluding hydrogens is 966 g/mol. The monoisotopic (exact) mass is 1060 g/mol. The van der Waals surface area contributed by atoms with Crippen molar-refractivity contribution in [2.45, 2.75) is 256 Å². The third-order valence-corrected chi connectivity index (χ3v) is 24.2. The highest BCUT2D eigenvalue weighted by atomic mass is 15.3. The molecule has 6 aromatic rings. The maximum atomic E-state index is 10.1. The van der Waals surface area contributed by atoms with E-state index in [1.54, 1.807) is 0 Å². The number of nitrogens with zero attached hydrogens (tertiary/aromatic N) is 3. The standard InChI is InChI=1S/C76H94BN3/c1-67(2)31-33-69(5,6)53-39-47(25-27-50(53)67)78-62-45-57-55(71(9,10)35-37-73(57,13)14)43-59(62)77-60-44-56-58(74(15,16)38-36-72(56,11)12)46-63(60)79(48-26-28-51-54(40-48)70(7,8)34-32-68(51,3)4)65-42-49(41-64(78)66(65)77)80-61-24-20-19-23-52(61)75(17)29-21-22-30-76(75,80)18/h19-20,23-28,39-46H,21-22,29-38H2,1-18H3/i19D,20D,23D,24D. The Labute approximate surface area is 489 Å². The minimum Gasteiger partial charge on any atom is -0.334 e. The van der Waals surface area contributed by atoms with Crippen LogP contribution in [0.25, 0.3) is 0 Å². The van der Waals surface area contributed by atoms with E-state index >= 15 is 0 Å². The molecule has 3 heterocycles. The van der Waals surface area contributed by atoms with Crippen molar-refractivity contribution in [1.82, 2.24) is 0 Å². The van der Waals surface area contributed by atoms with Gasteiger partial charge in [0.1, 0.15) is 0 Å². The Morgan fingerprint density at radius 2 is 0.700 bits per heavy atom. The van der Waals surface area contributed by atoms with Gasteiger partial charge in [0.15, 0.2) is 0 Å². The summed E-state index contributed by atoms with van der Waals surface area (Å²) in [6.07, 6.45) is 12.8. The summed E-state index contributed by atoms with van der Waals surface area (Å²) in [7, 11) is 0. The fourth-order valence-corrected chi connectivity index (χ4v) is 18.0. The van der Waals surface area contributed by atoms with E-state index in [-0.39, 0.29) is 74.2 Å². The first-order valence-electron chi connectivity index (χ1n) is 33.4. The molecule has 80 heavy (non-hydrogen) atoms. The number of anilines is 8. The lowest BCUT2D eigenvalue weighted by atomic mass is 9.32. The van der Waals surface area contributed by atoms with Gasteiger partial charge in [-0.25, -0.2) is 0 Å². The molecule has 0 saturated heterocycles. The summed E-state index contributed by atoms with van der Waals surface area (Å²) in [6, 6.07) is 30.6. The molecule has 2 atom stereocenters. The van der Waals surface area contributed by atoms with Gasteiger partial charge in [0.05, 0.1) is 11.0 Å². The summed E-state index contributed by atoms with van der Waals surface area (Å²) in [5, 5.41) is 0. The lowest BCUT2D eigenvalue weighted by Gasteiger charge is -2.52. The van der Waals surface area contributed by atoms with Crippen LogP contribution in [0.1, 0.15) is 257 Å². The van der Waals surface area contributed by atoms with Crippen molar-refractivity contribution in [2.24, 2.45) is 0 Å². The van der Waals surface area contributed by atoms with E-state index < -0.39 is 11.0 Å². The first-order valence-corrected chi connectivity index (χ1v) is 31.4. The van der Waals surface area contributed by atoms with Gasteiger partial charge >= 0.3 is 0 Å². The molecule has 0 radical (unpaired) electrons. The van der Waals surface area contributed by atoms with Crippen molar-refractivity contribution in [3.05, 3.63) is 147 Å². The SMILES string of the molecule is [2H]c1c([2H])c([2H])c2c(c1[2H])N(c1cc3c4c(c1)N(c1ccc5c(c1)C(C)(C)CCC5(C)C)c1cc5c(cc1B4c1cc4c(cc1N3c1ccc3c(c1)C(C)(C)CCC3(C)C)C(C)(C)CCC4(C)C)C(C)(C)CCC5(C)C)C1(C)CCCCC21C. The average Bonchev–Trinajstić information content (AvgIpc) is 1.23. The van der Waals surface area contributed by atoms with Crippen molar-refractivity contribution in [2.75, 3.05) is 14.7 Å². The van der Waals surface area contributed by atoms with Crippen LogP contribution in [0.5, 0.6) is 0 Å². The molecule has 0 N–H and O–H groups in total. The zero-order valence-corrected chi connectivity index (χ0v) is 52.3. The van der Waals surface area contributed by atoms with E-state index in [9.17, 15) is 5.48 Å². The van der Waals surface area contributed by atoms with Gasteiger partial charge in [-0.2, -0.15) is 0 Å². The molecule has 5 aliphatic carbocycles. The van der Waals surface area contributed by atoms with E-state index in [1.807, 2.05) is 0 Å². The molecular formula is C76H94BN3. The highest BCUT2D eigenvalue weighted by Gasteiger charge is 2.59. The van der Waals surface area contributed by atoms with E-state index in [0.717, 1.165) is 99.7 Å². The van der Waals surface area contributed by atoms with Crippen LogP contribution < -0.4 is 31.1 Å². The fraction of sp³-hybridized carbons (Fsp3) is 0.526. The normalized spacial score (nSPS) is 27.3. The Hall–Kier alpha value is -5.22. The number of hydrogen-bond donors (Lipinski definition) is 0. The minimum atomic E-state index is -0.555. The highest BCUT2D eigenvalue weighted by molar-refractivity contribution is 7.00. The van der Waals surface area contributed by atoms with Crippen LogP contribution in [0.3, 0.4) is 0 Å². The number of hydrogen-bond acceptors (Lipinski definition) is 3. The van der Waals surface area contributed by atoms with Crippen LogP contribution in [0.15, 0.2) is 97.0 Å². The predicted molar refractivity (Wildman–Crippen MR) is 344 cm³/mol. The van der Waals surface area contributed by atoms with E-state index in [2.05, 4.69) is 212 Å². The van der Waals surface area contributed by atoms with E-state index in [0.29, 0.717) is 5.69 Å². The lowest BCUT2D eigenvalue weighted by Crippen LogP contribution is -2.62. The van der Waals surface area contributed by atoms with Gasteiger partial charge in [0.25, 0.3) is 6.71 Å². The summed E-state index contributed by atoms with van der Waals surface area (Å²) in [4.78, 5) is 7.84. The molecule has 1 saturated carbocycles. The Morgan fingerprint density at radius 3 is 1.12 bits per heavy atom. The van der Waals surface area contributed by atoms with E-state index in [1.165, 1.54) is 83.6 Å². The van der Waals surface area contributed by atoms with Crippen LogP contribution in [0, 0.1) is 0 Å². The number of benzene rings is 6. The maximum absolute atomic E-state index is 10.1. The van der Waals surface area contributed by atoms with Gasteiger partial charge in [-0.05, 0) is 235 Å². The van der Waals surface area contributed by atoms with Gasteiger partial charge in [0.2, 0.25) is 0 Å². The second-order valence-corrected chi connectivity index (χ2v) is 32.8. The molecule has 0 bridgehead atoms. The van der Waals surface area contributed by atoms with Gasteiger partial charge < -0.3 is 14.7 Å². The van der Waals surface area contributed by atoms with Crippen molar-refractivity contribution < 1.29 is 5.48 Å². The van der Waals surface area contributed by atoms with Crippen LogP contribution in [0.4, 0.5) is 45.5 Å². The largest absolute Gasteiger partial charge is 0.334 e. The van der Waals surface area contributed by atoms with Crippen LogP contribution >= 0.6 is 0 Å². The van der Waals surface area contributed by atoms with Crippen LogP contribution in [-0.2, 0) is 48.7 Å². The summed E-state index contributed by atoms with van der Waals surface area (Å²) >= 11 is 0. The molecule has 2 unspecified atom stereocenters. The Kier molecular flexibility index (Phi) is 9.86. The quantitative estimate of drug-likeness (QED) is 0.163. The molecule has 0 amide bonds. The molecule has 8 aliphatic rings. The first-order chi connectivity index (χ1) is 39.0. The third kappa shape index (κ3) is 7.10. The Balaban J connectivity index is 1.18. The molecule has 6 aromatic carbocycles. The zero-order chi connectivity index (χ0) is 60.1. The van der Waals surface area contributed by atoms with Crippen molar-refractivity contribution in [1.29, 1.82) is 0 Å². The number of fused-ring (bicyclic) bond motifs is 11. The van der Waals surface area contributed by atoms with Crippen molar-refractivity contribution >= 4 is 68.6 Å². The second-order valence-electron chi connectivity index (χ2n) is 32.8. The second kappa shape index (κ2) is 16.3. The summed E-state index contributed by atoms with van der Waals surface area (Å²) in [5.41, 5.74) is 24.0. The average molecular weight is 1060 g/mol. The van der Waals surface area contributed by atoms with Gasteiger partial charge in [0, 0.05) is 50.9 Å². The molecule has 4 heteroatoms. The molecule has 0 spiro atoms. The number of para-hydroxylation sites is 1. The Bertz CT molecular complexity index is 3700. The fourth-order valence-electron chi connectivity index (χ4n) is 18.0. The molecule has 3 nitrogen and oxygen atoms in total. The highest BCUT2D eigenvalue weighted by Crippen LogP contribution is 2.63. The summed E-state index contributed by atoms with van der Waals surface area (Å²) in [6.45, 7) is 44.1. The zero-order valence-electron chi connectivity index (χ0n) is 56.3. The summed E-state index contributed by atoms with van der Waals surface area (Å²) < 4.78 is 38.5. The first kappa shape index (κ1) is 48.3.